The summed E-state index contributed by atoms with van der Waals surface area (Å²) in [5.41, 5.74) is 7.09. The predicted molar refractivity (Wildman–Crippen MR) is 97.2 cm³/mol. The molecule has 1 aliphatic rings. The number of carboxylic acids is 1. The Kier molecular flexibility index (Phi) is 4.23. The Balaban J connectivity index is 1.84. The van der Waals surface area contributed by atoms with Gasteiger partial charge in [-0.1, -0.05) is 6.07 Å². The first-order valence-corrected chi connectivity index (χ1v) is 8.36. The van der Waals surface area contributed by atoms with Gasteiger partial charge in [0.05, 0.1) is 17.7 Å². The molecule has 2 heterocycles. The predicted octanol–water partition coefficient (Wildman–Crippen LogP) is 1.36. The molecule has 5 N–H and O–H groups in total. The van der Waals surface area contributed by atoms with Crippen LogP contribution in [0.3, 0.4) is 0 Å². The molecule has 0 radical (unpaired) electrons. The lowest BCUT2D eigenvalue weighted by Gasteiger charge is -2.12. The summed E-state index contributed by atoms with van der Waals surface area (Å²) in [6.45, 7) is 0.357. The van der Waals surface area contributed by atoms with Gasteiger partial charge in [-0.15, -0.1) is 0 Å². The third-order valence-corrected chi connectivity index (χ3v) is 4.14. The molecule has 134 valence electrons. The number of aliphatic hydroxyl groups excluding tert-OH is 1. The van der Waals surface area contributed by atoms with Gasteiger partial charge < -0.3 is 15.5 Å². The summed E-state index contributed by atoms with van der Waals surface area (Å²) in [6.07, 6.45) is 3.84. The number of carbonyl (C=O) groups is 1. The van der Waals surface area contributed by atoms with Crippen molar-refractivity contribution in [2.45, 2.75) is 18.9 Å². The molecule has 26 heavy (non-hydrogen) atoms. The molecule has 0 amide bonds. The largest absolute Gasteiger partial charge is 0.478 e. The fourth-order valence-electron chi connectivity index (χ4n) is 2.70. The Morgan fingerprint density at radius 1 is 1.23 bits per heavy atom. The number of hydrazine groups is 1. The quantitative estimate of drug-likeness (QED) is 0.242. The molecule has 3 aromatic rings. The molecule has 1 aromatic carbocycles. The van der Waals surface area contributed by atoms with E-state index in [0.29, 0.717) is 35.4 Å². The molecule has 1 fully saturated rings. The lowest BCUT2D eigenvalue weighted by atomic mass is 10.1. The van der Waals surface area contributed by atoms with Crippen LogP contribution in [0.1, 0.15) is 23.2 Å². The molecule has 9 heteroatoms. The van der Waals surface area contributed by atoms with Crippen molar-refractivity contribution in [1.29, 1.82) is 0 Å². The summed E-state index contributed by atoms with van der Waals surface area (Å²) >= 11 is 0. The summed E-state index contributed by atoms with van der Waals surface area (Å²) in [4.78, 5) is 24.7. The molecule has 0 spiro atoms. The average Bonchev–Trinajstić information content (AvgIpc) is 3.45. The second-order valence-corrected chi connectivity index (χ2v) is 6.15. The van der Waals surface area contributed by atoms with Gasteiger partial charge in [-0.2, -0.15) is 0 Å². The molecular weight excluding hydrogens is 336 g/mol. The maximum absolute atomic E-state index is 11.2. The number of pyridine rings is 1. The molecule has 4 rings (SSSR count). The van der Waals surface area contributed by atoms with Crippen molar-refractivity contribution in [3.63, 3.8) is 0 Å². The normalized spacial score (nSPS) is 13.9. The number of hydrogen-bond acceptors (Lipinski definition) is 8. The van der Waals surface area contributed by atoms with Gasteiger partial charge in [0.2, 0.25) is 5.95 Å². The Morgan fingerprint density at radius 2 is 2.08 bits per heavy atom. The van der Waals surface area contributed by atoms with Crippen molar-refractivity contribution in [1.82, 2.24) is 20.4 Å². The molecule has 0 saturated heterocycles. The fraction of sp³-hybridized carbons (Fsp3) is 0.294. The number of hydrogen-bond donors (Lipinski definition) is 5. The van der Waals surface area contributed by atoms with Gasteiger partial charge in [-0.05, 0) is 25.0 Å². The summed E-state index contributed by atoms with van der Waals surface area (Å²) in [5, 5.41) is 23.0. The van der Waals surface area contributed by atoms with Crippen LogP contribution in [-0.2, 0) is 0 Å². The second kappa shape index (κ2) is 6.70. The van der Waals surface area contributed by atoms with E-state index < -0.39 is 5.97 Å². The highest BCUT2D eigenvalue weighted by molar-refractivity contribution is 6.09. The van der Waals surface area contributed by atoms with E-state index in [1.54, 1.807) is 24.4 Å². The van der Waals surface area contributed by atoms with Crippen LogP contribution in [0.4, 0.5) is 11.8 Å². The van der Waals surface area contributed by atoms with Gasteiger partial charge in [-0.25, -0.2) is 25.2 Å². The summed E-state index contributed by atoms with van der Waals surface area (Å²) < 4.78 is 0. The summed E-state index contributed by atoms with van der Waals surface area (Å²) in [5.74, 6) is -0.00509. The molecule has 0 unspecified atom stereocenters. The first-order chi connectivity index (χ1) is 12.7. The van der Waals surface area contributed by atoms with Crippen molar-refractivity contribution in [2.75, 3.05) is 23.9 Å². The molecule has 1 aliphatic carbocycles. The zero-order valence-corrected chi connectivity index (χ0v) is 13.9. The zero-order chi connectivity index (χ0) is 18.1. The van der Waals surface area contributed by atoms with E-state index in [9.17, 15) is 9.90 Å². The van der Waals surface area contributed by atoms with Crippen LogP contribution in [0.5, 0.6) is 0 Å². The lowest BCUT2D eigenvalue weighted by molar-refractivity contribution is 0.0697. The van der Waals surface area contributed by atoms with Crippen LogP contribution >= 0.6 is 0 Å². The topological polar surface area (TPSA) is 132 Å². The Labute approximate surface area is 148 Å². The third-order valence-electron chi connectivity index (χ3n) is 4.14. The van der Waals surface area contributed by atoms with Crippen LogP contribution in [0.15, 0.2) is 24.4 Å². The number of carboxylic acid groups (broad SMARTS) is 1. The van der Waals surface area contributed by atoms with Crippen molar-refractivity contribution in [2.24, 2.45) is 0 Å². The van der Waals surface area contributed by atoms with Crippen LogP contribution < -0.4 is 16.2 Å². The minimum atomic E-state index is -0.990. The van der Waals surface area contributed by atoms with Crippen molar-refractivity contribution in [3.8, 4) is 0 Å². The van der Waals surface area contributed by atoms with Gasteiger partial charge >= 0.3 is 5.97 Å². The molecule has 0 aliphatic heterocycles. The number of fused-ring (bicyclic) bond motifs is 3. The molecule has 1 saturated carbocycles. The van der Waals surface area contributed by atoms with Crippen LogP contribution in [0.25, 0.3) is 21.8 Å². The highest BCUT2D eigenvalue weighted by Crippen LogP contribution is 2.32. The maximum atomic E-state index is 11.2. The first kappa shape index (κ1) is 16.4. The van der Waals surface area contributed by atoms with Crippen molar-refractivity contribution < 1.29 is 15.0 Å². The smallest absolute Gasteiger partial charge is 0.335 e. The minimum absolute atomic E-state index is 0.00678. The van der Waals surface area contributed by atoms with E-state index in [1.165, 1.54) is 0 Å². The zero-order valence-electron chi connectivity index (χ0n) is 13.9. The number of aliphatic hydroxyl groups is 1. The standard InChI is InChI=1S/C17H18N6O3/c24-6-5-19-23-17-18-8-12-11-4-1-9(16(25)26)7-13(11)21-15(14(12)22-17)20-10-2-3-10/h1,4,7-8,10,19,24H,2-3,5-6H2,(H,20,21)(H,25,26)(H,18,22,23). The van der Waals surface area contributed by atoms with E-state index in [0.717, 1.165) is 23.6 Å². The number of aromatic carboxylic acids is 1. The van der Waals surface area contributed by atoms with Gasteiger partial charge in [-0.3, -0.25) is 5.43 Å². The van der Waals surface area contributed by atoms with Gasteiger partial charge in [0.25, 0.3) is 0 Å². The number of rotatable bonds is 7. The molecule has 2 aromatic heterocycles. The van der Waals surface area contributed by atoms with Crippen LogP contribution in [0, 0.1) is 0 Å². The Bertz CT molecular complexity index is 989. The van der Waals surface area contributed by atoms with Crippen LogP contribution in [-0.4, -0.2) is 50.3 Å². The average molecular weight is 354 g/mol. The number of nitrogens with one attached hydrogen (secondary N) is 3. The monoisotopic (exact) mass is 354 g/mol. The first-order valence-electron chi connectivity index (χ1n) is 8.36. The van der Waals surface area contributed by atoms with E-state index in [1.807, 2.05) is 0 Å². The number of anilines is 2. The highest BCUT2D eigenvalue weighted by Gasteiger charge is 2.23. The van der Waals surface area contributed by atoms with Crippen LogP contribution in [0.2, 0.25) is 0 Å². The number of aromatic nitrogens is 3. The van der Waals surface area contributed by atoms with E-state index >= 15 is 0 Å². The minimum Gasteiger partial charge on any atom is -0.478 e. The molecular formula is C17H18N6O3. The third kappa shape index (κ3) is 3.22. The summed E-state index contributed by atoms with van der Waals surface area (Å²) in [6, 6.07) is 5.21. The molecule has 0 bridgehead atoms. The second-order valence-electron chi connectivity index (χ2n) is 6.15. The maximum Gasteiger partial charge on any atom is 0.335 e. The Hall–Kier alpha value is -3.04. The molecule has 0 atom stereocenters. The van der Waals surface area contributed by atoms with Gasteiger partial charge in [0.15, 0.2) is 5.82 Å². The summed E-state index contributed by atoms with van der Waals surface area (Å²) in [7, 11) is 0. The fourth-order valence-corrected chi connectivity index (χ4v) is 2.70. The SMILES string of the molecule is O=C(O)c1ccc2c(c1)nc(NC1CC1)c1nc(NNCCO)ncc12. The highest BCUT2D eigenvalue weighted by atomic mass is 16.4. The Morgan fingerprint density at radius 3 is 2.81 bits per heavy atom. The lowest BCUT2D eigenvalue weighted by Crippen LogP contribution is -2.26. The van der Waals surface area contributed by atoms with Crippen molar-refractivity contribution >= 4 is 39.5 Å². The number of nitrogens with zero attached hydrogens (tertiary/aromatic N) is 3. The number of benzene rings is 1. The van der Waals surface area contributed by atoms with Crippen molar-refractivity contribution in [3.05, 3.63) is 30.0 Å². The van der Waals surface area contributed by atoms with Gasteiger partial charge in [0, 0.05) is 29.6 Å². The van der Waals surface area contributed by atoms with E-state index in [2.05, 4.69) is 31.1 Å². The van der Waals surface area contributed by atoms with E-state index in [-0.39, 0.29) is 12.2 Å². The van der Waals surface area contributed by atoms with E-state index in [4.69, 9.17) is 5.11 Å². The van der Waals surface area contributed by atoms with Gasteiger partial charge in [0.1, 0.15) is 5.52 Å². The molecule has 9 nitrogen and oxygen atoms in total.